The smallest absolute Gasteiger partial charge is 0.283 e. The van der Waals surface area contributed by atoms with E-state index in [9.17, 15) is 8.42 Å². The third-order valence-corrected chi connectivity index (χ3v) is 4.86. The number of benzene rings is 2. The number of hydrogen-bond acceptors (Lipinski definition) is 4. The van der Waals surface area contributed by atoms with Crippen molar-refractivity contribution in [3.63, 3.8) is 0 Å². The molecule has 21 heavy (non-hydrogen) atoms. The minimum absolute atomic E-state index is 0.198. The van der Waals surface area contributed by atoms with Gasteiger partial charge in [0.15, 0.2) is 0 Å². The summed E-state index contributed by atoms with van der Waals surface area (Å²) in [6.45, 7) is 1.91. The summed E-state index contributed by atoms with van der Waals surface area (Å²) in [6.07, 6.45) is 0. The van der Waals surface area contributed by atoms with Gasteiger partial charge in [-0.05, 0) is 31.2 Å². The molecule has 1 aromatic heterocycles. The molecule has 0 saturated heterocycles. The monoisotopic (exact) mass is 302 g/mol. The van der Waals surface area contributed by atoms with Gasteiger partial charge in [0.25, 0.3) is 10.0 Å². The van der Waals surface area contributed by atoms with E-state index in [2.05, 4.69) is 5.10 Å². The third-order valence-electron chi connectivity index (χ3n) is 3.26. The van der Waals surface area contributed by atoms with E-state index in [0.717, 1.165) is 9.65 Å². The molecule has 108 valence electrons. The first-order valence-electron chi connectivity index (χ1n) is 6.38. The van der Waals surface area contributed by atoms with Gasteiger partial charge < -0.3 is 4.74 Å². The lowest BCUT2D eigenvalue weighted by molar-refractivity contribution is 0.399. The average molecular weight is 302 g/mol. The van der Waals surface area contributed by atoms with Crippen molar-refractivity contribution in [1.82, 2.24) is 9.19 Å². The molecule has 0 N–H and O–H groups in total. The lowest BCUT2D eigenvalue weighted by Crippen LogP contribution is -2.14. The molecule has 3 aromatic rings. The topological polar surface area (TPSA) is 61.2 Å². The molecule has 3 rings (SSSR count). The Morgan fingerprint density at radius 3 is 2.38 bits per heavy atom. The van der Waals surface area contributed by atoms with Crippen molar-refractivity contribution in [3.8, 4) is 5.88 Å². The van der Waals surface area contributed by atoms with Crippen LogP contribution in [0, 0.1) is 6.92 Å². The van der Waals surface area contributed by atoms with E-state index in [0.29, 0.717) is 16.8 Å². The second-order valence-electron chi connectivity index (χ2n) is 4.69. The SMILES string of the molecule is COc1nn(S(=O)(=O)c2ccc(C)cc2)c2ccccc12. The summed E-state index contributed by atoms with van der Waals surface area (Å²) >= 11 is 0. The van der Waals surface area contributed by atoms with Crippen LogP contribution >= 0.6 is 0 Å². The van der Waals surface area contributed by atoms with Gasteiger partial charge in [0.1, 0.15) is 0 Å². The van der Waals surface area contributed by atoms with Gasteiger partial charge in [0.05, 0.1) is 22.9 Å². The minimum Gasteiger partial charge on any atom is -0.479 e. The summed E-state index contributed by atoms with van der Waals surface area (Å²) in [4.78, 5) is 0.198. The maximum absolute atomic E-state index is 12.7. The van der Waals surface area contributed by atoms with Crippen molar-refractivity contribution in [3.05, 3.63) is 54.1 Å². The van der Waals surface area contributed by atoms with Crippen LogP contribution in [0.25, 0.3) is 10.9 Å². The van der Waals surface area contributed by atoms with Crippen molar-refractivity contribution in [2.45, 2.75) is 11.8 Å². The first kappa shape index (κ1) is 13.6. The Balaban J connectivity index is 2.26. The zero-order chi connectivity index (χ0) is 15.0. The van der Waals surface area contributed by atoms with Crippen LogP contribution in [0.5, 0.6) is 5.88 Å². The van der Waals surface area contributed by atoms with Gasteiger partial charge in [-0.3, -0.25) is 0 Å². The Morgan fingerprint density at radius 2 is 1.71 bits per heavy atom. The molecule has 1 heterocycles. The molecule has 0 aliphatic carbocycles. The van der Waals surface area contributed by atoms with Gasteiger partial charge in [0, 0.05) is 0 Å². The third kappa shape index (κ3) is 2.17. The predicted octanol–water partition coefficient (Wildman–Crippen LogP) is 2.59. The molecule has 0 saturated carbocycles. The van der Waals surface area contributed by atoms with Crippen LogP contribution in [0.2, 0.25) is 0 Å². The molecule has 0 bridgehead atoms. The second-order valence-corrected chi connectivity index (χ2v) is 6.45. The van der Waals surface area contributed by atoms with E-state index >= 15 is 0 Å². The number of rotatable bonds is 3. The van der Waals surface area contributed by atoms with E-state index in [1.807, 2.05) is 13.0 Å². The zero-order valence-electron chi connectivity index (χ0n) is 11.6. The van der Waals surface area contributed by atoms with Crippen LogP contribution in [0.1, 0.15) is 5.56 Å². The molecular formula is C15H14N2O3S. The van der Waals surface area contributed by atoms with Crippen molar-refractivity contribution >= 4 is 20.9 Å². The van der Waals surface area contributed by atoms with Gasteiger partial charge in [-0.1, -0.05) is 29.8 Å². The fourth-order valence-electron chi connectivity index (χ4n) is 2.16. The summed E-state index contributed by atoms with van der Waals surface area (Å²) in [5.74, 6) is 0.293. The highest BCUT2D eigenvalue weighted by Crippen LogP contribution is 2.27. The van der Waals surface area contributed by atoms with Gasteiger partial charge in [0.2, 0.25) is 5.88 Å². The predicted molar refractivity (Wildman–Crippen MR) is 80.0 cm³/mol. The summed E-state index contributed by atoms with van der Waals surface area (Å²) in [5, 5.41) is 4.75. The number of methoxy groups -OCH3 is 1. The zero-order valence-corrected chi connectivity index (χ0v) is 12.5. The van der Waals surface area contributed by atoms with Gasteiger partial charge in [-0.15, -0.1) is 9.19 Å². The Labute approximate surface area is 122 Å². The van der Waals surface area contributed by atoms with Gasteiger partial charge >= 0.3 is 0 Å². The maximum Gasteiger partial charge on any atom is 0.283 e. The summed E-state index contributed by atoms with van der Waals surface area (Å²) in [5.41, 5.74) is 1.49. The lowest BCUT2D eigenvalue weighted by atomic mass is 10.2. The normalized spacial score (nSPS) is 11.7. The average Bonchev–Trinajstić information content (AvgIpc) is 2.87. The first-order chi connectivity index (χ1) is 10.0. The maximum atomic E-state index is 12.7. The van der Waals surface area contributed by atoms with Crippen LogP contribution in [0.15, 0.2) is 53.4 Å². The molecule has 0 spiro atoms. The Morgan fingerprint density at radius 1 is 1.05 bits per heavy atom. The van der Waals surface area contributed by atoms with E-state index in [4.69, 9.17) is 4.74 Å². The van der Waals surface area contributed by atoms with Crippen LogP contribution in [0.4, 0.5) is 0 Å². The molecular weight excluding hydrogens is 288 g/mol. The molecule has 0 aliphatic heterocycles. The Kier molecular flexibility index (Phi) is 3.17. The fraction of sp³-hybridized carbons (Fsp3) is 0.133. The highest BCUT2D eigenvalue weighted by Gasteiger charge is 2.22. The number of para-hydroxylation sites is 1. The molecule has 0 aliphatic rings. The van der Waals surface area contributed by atoms with Crippen molar-refractivity contribution < 1.29 is 13.2 Å². The van der Waals surface area contributed by atoms with E-state index in [1.54, 1.807) is 42.5 Å². The van der Waals surface area contributed by atoms with E-state index < -0.39 is 10.0 Å². The summed E-state index contributed by atoms with van der Waals surface area (Å²) in [7, 11) is -2.28. The Bertz CT molecular complexity index is 896. The standard InChI is InChI=1S/C15H14N2O3S/c1-11-7-9-12(10-8-11)21(18,19)17-14-6-4-3-5-13(14)15(16-17)20-2/h3-10H,1-2H3. The van der Waals surface area contributed by atoms with Crippen LogP contribution < -0.4 is 4.74 Å². The number of aryl methyl sites for hydroxylation is 1. The van der Waals surface area contributed by atoms with Gasteiger partial charge in [-0.2, -0.15) is 8.42 Å². The molecule has 5 nitrogen and oxygen atoms in total. The molecule has 0 amide bonds. The van der Waals surface area contributed by atoms with Crippen LogP contribution in [-0.4, -0.2) is 24.7 Å². The number of ether oxygens (including phenoxy) is 1. The lowest BCUT2D eigenvalue weighted by Gasteiger charge is -2.05. The van der Waals surface area contributed by atoms with Crippen LogP contribution in [0.3, 0.4) is 0 Å². The highest BCUT2D eigenvalue weighted by atomic mass is 32.2. The van der Waals surface area contributed by atoms with Crippen molar-refractivity contribution in [2.24, 2.45) is 0 Å². The fourth-order valence-corrected chi connectivity index (χ4v) is 3.44. The molecule has 0 radical (unpaired) electrons. The van der Waals surface area contributed by atoms with E-state index in [1.165, 1.54) is 7.11 Å². The second kappa shape index (κ2) is 4.89. The molecule has 0 fully saturated rings. The quantitative estimate of drug-likeness (QED) is 0.746. The molecule has 6 heteroatoms. The number of aromatic nitrogens is 2. The minimum atomic E-state index is -3.75. The van der Waals surface area contributed by atoms with E-state index in [-0.39, 0.29) is 4.90 Å². The molecule has 2 aromatic carbocycles. The largest absolute Gasteiger partial charge is 0.479 e. The van der Waals surface area contributed by atoms with Crippen molar-refractivity contribution in [2.75, 3.05) is 7.11 Å². The van der Waals surface area contributed by atoms with Crippen molar-refractivity contribution in [1.29, 1.82) is 0 Å². The van der Waals surface area contributed by atoms with Gasteiger partial charge in [-0.25, -0.2) is 0 Å². The highest BCUT2D eigenvalue weighted by molar-refractivity contribution is 7.90. The molecule has 0 unspecified atom stereocenters. The summed E-state index contributed by atoms with van der Waals surface area (Å²) < 4.78 is 31.6. The Hall–Kier alpha value is -2.34. The number of fused-ring (bicyclic) bond motifs is 1. The number of hydrogen-bond donors (Lipinski definition) is 0. The number of nitrogens with zero attached hydrogens (tertiary/aromatic N) is 2. The molecule has 0 atom stereocenters. The van der Waals surface area contributed by atoms with Crippen LogP contribution in [-0.2, 0) is 10.0 Å². The summed E-state index contributed by atoms with van der Waals surface area (Å²) in [6, 6.07) is 13.7. The first-order valence-corrected chi connectivity index (χ1v) is 7.82.